The van der Waals surface area contributed by atoms with Crippen LogP contribution in [0.5, 0.6) is 0 Å². The summed E-state index contributed by atoms with van der Waals surface area (Å²) in [7, 11) is 7.53. The third kappa shape index (κ3) is 3.62. The quantitative estimate of drug-likeness (QED) is 0.760. The molecule has 0 aliphatic heterocycles. The Morgan fingerprint density at radius 2 is 2.05 bits per heavy atom. The number of carbonyl (C=O) groups is 1. The van der Waals surface area contributed by atoms with Crippen LogP contribution < -0.4 is 11.5 Å². The zero-order chi connectivity index (χ0) is 14.8. The lowest BCUT2D eigenvalue weighted by Gasteiger charge is -2.34. The molecule has 4 nitrogen and oxygen atoms in total. The second-order valence-corrected chi connectivity index (χ2v) is 6.36. The van der Waals surface area contributed by atoms with Crippen molar-refractivity contribution in [2.24, 2.45) is 11.5 Å². The number of primary amides is 1. The summed E-state index contributed by atoms with van der Waals surface area (Å²) in [5.74, 6) is -1.29. The Kier molecular flexibility index (Phi) is 4.84. The number of nitrogens with zero attached hydrogens (tertiary/aromatic N) is 1. The van der Waals surface area contributed by atoms with Crippen LogP contribution in [0.3, 0.4) is 0 Å². The minimum atomic E-state index is -0.751. The highest BCUT2D eigenvalue weighted by Gasteiger charge is 2.24. The van der Waals surface area contributed by atoms with Crippen LogP contribution in [-0.2, 0) is 6.42 Å². The summed E-state index contributed by atoms with van der Waals surface area (Å²) in [6.45, 7) is 2.12. The Labute approximate surface area is 116 Å². The Hall–Kier alpha value is -1.24. The minimum absolute atomic E-state index is 0.0716. The number of benzene rings is 1. The van der Waals surface area contributed by atoms with Gasteiger partial charge in [0, 0.05) is 13.0 Å². The summed E-state index contributed by atoms with van der Waals surface area (Å²) in [6.07, 6.45) is 0.620. The van der Waals surface area contributed by atoms with E-state index in [1.807, 2.05) is 14.1 Å². The summed E-state index contributed by atoms with van der Waals surface area (Å²) in [6, 6.07) is 3.28. The van der Waals surface area contributed by atoms with Gasteiger partial charge in [-0.25, -0.2) is 4.39 Å². The normalized spacial score (nSPS) is 13.4. The second kappa shape index (κ2) is 5.81. The molecule has 1 atom stereocenters. The van der Waals surface area contributed by atoms with Crippen molar-refractivity contribution in [2.75, 3.05) is 20.6 Å². The van der Waals surface area contributed by atoms with Gasteiger partial charge in [-0.2, -0.15) is 0 Å². The molecule has 0 spiro atoms. The molecule has 0 saturated heterocycles. The van der Waals surface area contributed by atoms with Crippen LogP contribution in [0, 0.1) is 12.7 Å². The standard InChI is InChI=1S/C13H20FN3OSi/c1-8-9(6-10(7-15)17(2,3)19)4-5-11(12(8)14)13(16)18/h4-5,10H,6-7,15H2,1-3H3,(H2,16,18)/q+1/t10-/m0/s1. The molecule has 1 rings (SSSR count). The first-order valence-corrected chi connectivity index (χ1v) is 6.49. The van der Waals surface area contributed by atoms with Crippen molar-refractivity contribution < 1.29 is 13.3 Å². The van der Waals surface area contributed by atoms with E-state index < -0.39 is 11.7 Å². The summed E-state index contributed by atoms with van der Waals surface area (Å²) in [5.41, 5.74) is 12.1. The van der Waals surface area contributed by atoms with Crippen molar-refractivity contribution >= 4 is 16.3 Å². The number of nitrogens with two attached hydrogens (primary N) is 2. The van der Waals surface area contributed by atoms with Gasteiger partial charge in [0.1, 0.15) is 5.82 Å². The van der Waals surface area contributed by atoms with E-state index in [4.69, 9.17) is 11.5 Å². The number of amides is 1. The fourth-order valence-corrected chi connectivity index (χ4v) is 2.16. The maximum absolute atomic E-state index is 14.0. The van der Waals surface area contributed by atoms with Gasteiger partial charge in [0.15, 0.2) is 0 Å². The Balaban J connectivity index is 3.10. The molecule has 0 unspecified atom stereocenters. The molecule has 103 valence electrons. The average molecular weight is 281 g/mol. The molecule has 0 aliphatic rings. The van der Waals surface area contributed by atoms with Gasteiger partial charge in [0.05, 0.1) is 25.7 Å². The van der Waals surface area contributed by atoms with Crippen molar-refractivity contribution in [3.63, 3.8) is 0 Å². The van der Waals surface area contributed by atoms with Gasteiger partial charge in [-0.1, -0.05) is 6.07 Å². The number of hydrogen-bond donors (Lipinski definition) is 2. The summed E-state index contributed by atoms with van der Waals surface area (Å²) in [5, 5.41) is 0. The first-order chi connectivity index (χ1) is 8.68. The van der Waals surface area contributed by atoms with E-state index >= 15 is 0 Å². The summed E-state index contributed by atoms with van der Waals surface area (Å²) >= 11 is 0. The van der Waals surface area contributed by atoms with E-state index in [0.717, 1.165) is 5.56 Å². The summed E-state index contributed by atoms with van der Waals surface area (Å²) in [4.78, 5) is 11.1. The first-order valence-electron chi connectivity index (χ1n) is 6.05. The second-order valence-electron chi connectivity index (χ2n) is 5.21. The largest absolute Gasteiger partial charge is 0.449 e. The fraction of sp³-hybridized carbons (Fsp3) is 0.462. The lowest BCUT2D eigenvalue weighted by atomic mass is 9.97. The molecule has 1 aromatic carbocycles. The molecule has 1 aromatic rings. The Morgan fingerprint density at radius 3 is 2.47 bits per heavy atom. The molecule has 0 saturated carbocycles. The lowest BCUT2D eigenvalue weighted by molar-refractivity contribution is -0.800. The highest BCUT2D eigenvalue weighted by Crippen LogP contribution is 2.20. The van der Waals surface area contributed by atoms with Gasteiger partial charge in [-0.15, -0.1) is 0 Å². The zero-order valence-corrected chi connectivity index (χ0v) is 12.5. The maximum atomic E-state index is 14.0. The summed E-state index contributed by atoms with van der Waals surface area (Å²) < 4.78 is 14.5. The van der Waals surface area contributed by atoms with Crippen LogP contribution in [0.1, 0.15) is 21.5 Å². The number of hydrogen-bond acceptors (Lipinski definition) is 2. The third-order valence-corrected chi connectivity index (χ3v) is 3.77. The Morgan fingerprint density at radius 1 is 1.47 bits per heavy atom. The average Bonchev–Trinajstić information content (AvgIpc) is 2.29. The molecule has 1 amide bonds. The van der Waals surface area contributed by atoms with Gasteiger partial charge >= 0.3 is 10.4 Å². The number of likely N-dealkylation sites (N-methyl/N-ethyl adjacent to an activating group) is 1. The van der Waals surface area contributed by atoms with Crippen molar-refractivity contribution in [2.45, 2.75) is 19.4 Å². The van der Waals surface area contributed by atoms with Crippen LogP contribution in [0.15, 0.2) is 12.1 Å². The monoisotopic (exact) mass is 281 g/mol. The molecular weight excluding hydrogens is 261 g/mol. The van der Waals surface area contributed by atoms with Crippen LogP contribution >= 0.6 is 0 Å². The van der Waals surface area contributed by atoms with E-state index in [9.17, 15) is 9.18 Å². The van der Waals surface area contributed by atoms with Crippen molar-refractivity contribution in [3.05, 3.63) is 34.6 Å². The van der Waals surface area contributed by atoms with Crippen LogP contribution in [0.2, 0.25) is 0 Å². The first kappa shape index (κ1) is 15.8. The Bertz CT molecular complexity index is 486. The molecule has 0 aromatic heterocycles. The van der Waals surface area contributed by atoms with E-state index in [1.54, 1.807) is 13.0 Å². The van der Waals surface area contributed by atoms with E-state index in [-0.39, 0.29) is 11.6 Å². The van der Waals surface area contributed by atoms with Crippen molar-refractivity contribution in [1.29, 1.82) is 0 Å². The van der Waals surface area contributed by atoms with Gasteiger partial charge < -0.3 is 15.6 Å². The SMILES string of the molecule is Cc1c(C[C@@H](CN)[N+](C)(C)[Si])ccc(C(N)=O)c1F. The lowest BCUT2D eigenvalue weighted by Crippen LogP contribution is -2.51. The molecular formula is C13H20FN3OSi+. The molecule has 6 heteroatoms. The topological polar surface area (TPSA) is 69.1 Å². The number of quaternary nitrogens is 1. The molecule has 19 heavy (non-hydrogen) atoms. The smallest absolute Gasteiger partial charge is 0.379 e. The van der Waals surface area contributed by atoms with E-state index in [0.29, 0.717) is 22.7 Å². The molecule has 0 aliphatic carbocycles. The molecule has 0 fully saturated rings. The predicted octanol–water partition coefficient (Wildman–Crippen LogP) is 0.263. The van der Waals surface area contributed by atoms with Crippen molar-refractivity contribution in [3.8, 4) is 0 Å². The van der Waals surface area contributed by atoms with Gasteiger partial charge in [-0.3, -0.25) is 4.79 Å². The van der Waals surface area contributed by atoms with E-state index in [1.165, 1.54) is 6.07 Å². The maximum Gasteiger partial charge on any atom is 0.449 e. The van der Waals surface area contributed by atoms with Crippen LogP contribution in [0.4, 0.5) is 4.39 Å². The van der Waals surface area contributed by atoms with Gasteiger partial charge in [0.2, 0.25) is 0 Å². The number of carbonyl (C=O) groups excluding carboxylic acids is 1. The number of halogens is 1. The highest BCUT2D eigenvalue weighted by atomic mass is 28.2. The highest BCUT2D eigenvalue weighted by molar-refractivity contribution is 5.97. The predicted molar refractivity (Wildman–Crippen MR) is 74.1 cm³/mol. The molecule has 3 radical (unpaired) electrons. The molecule has 4 N–H and O–H groups in total. The molecule has 0 heterocycles. The van der Waals surface area contributed by atoms with E-state index in [2.05, 4.69) is 10.4 Å². The van der Waals surface area contributed by atoms with Crippen molar-refractivity contribution in [1.82, 2.24) is 0 Å². The van der Waals surface area contributed by atoms with Gasteiger partial charge in [-0.05, 0) is 24.1 Å². The fourth-order valence-electron chi connectivity index (χ4n) is 1.97. The van der Waals surface area contributed by atoms with Crippen LogP contribution in [-0.4, -0.2) is 47.1 Å². The third-order valence-electron chi connectivity index (χ3n) is 3.40. The van der Waals surface area contributed by atoms with Crippen LogP contribution in [0.25, 0.3) is 0 Å². The zero-order valence-electron chi connectivity index (χ0n) is 11.5. The molecule has 0 bridgehead atoms. The van der Waals surface area contributed by atoms with Gasteiger partial charge in [0.25, 0.3) is 5.91 Å². The minimum Gasteiger partial charge on any atom is -0.379 e. The number of rotatable bonds is 5.